The van der Waals surface area contributed by atoms with Crippen LogP contribution in [-0.4, -0.2) is 0 Å². The number of aryl methyl sites for hydroxylation is 1. The predicted octanol–water partition coefficient (Wildman–Crippen LogP) is 21.5. The van der Waals surface area contributed by atoms with Gasteiger partial charge in [0.1, 0.15) is 11.5 Å². The third kappa shape index (κ3) is 6.78. The molecule has 0 N–H and O–H groups in total. The van der Waals surface area contributed by atoms with Crippen LogP contribution in [0.1, 0.15) is 5.56 Å². The summed E-state index contributed by atoms with van der Waals surface area (Å²) < 4.78 is 6.39. The van der Waals surface area contributed by atoms with E-state index in [2.05, 4.69) is 259 Å². The Morgan fingerprint density at radius 3 is 1.10 bits per heavy atom. The van der Waals surface area contributed by atoms with Gasteiger partial charge in [0.25, 0.3) is 0 Å². The van der Waals surface area contributed by atoms with Crippen LogP contribution in [0.2, 0.25) is 0 Å². The first kappa shape index (κ1) is 44.1. The summed E-state index contributed by atoms with van der Waals surface area (Å²) in [7, 11) is 0. The molecule has 364 valence electrons. The summed E-state index contributed by atoms with van der Waals surface area (Å²) in [4.78, 5) is 4.68. The van der Waals surface area contributed by atoms with Gasteiger partial charge in [0.15, 0.2) is 0 Å². The highest BCUT2D eigenvalue weighted by Crippen LogP contribution is 2.56. The molecule has 15 aromatic carbocycles. The van der Waals surface area contributed by atoms with E-state index in [9.17, 15) is 0 Å². The summed E-state index contributed by atoms with van der Waals surface area (Å²) in [6.45, 7) is 2.22. The Hall–Kier alpha value is -10.2. The zero-order valence-electron chi connectivity index (χ0n) is 42.8. The Bertz CT molecular complexity index is 4730. The third-order valence-corrected chi connectivity index (χ3v) is 16.4. The number of benzene rings is 15. The van der Waals surface area contributed by atoms with E-state index in [-0.39, 0.29) is 0 Å². The van der Waals surface area contributed by atoms with Gasteiger partial charge in [-0.05, 0) is 220 Å². The minimum absolute atomic E-state index is 0.847. The number of hydrogen-bond donors (Lipinski definition) is 0. The van der Waals surface area contributed by atoms with Crippen LogP contribution in [0, 0.1) is 6.92 Å². The van der Waals surface area contributed by atoms with Crippen LogP contribution in [0.25, 0.3) is 109 Å². The predicted molar refractivity (Wildman–Crippen MR) is 330 cm³/mol. The number of para-hydroxylation sites is 5. The fourth-order valence-electron chi connectivity index (χ4n) is 13.0. The lowest BCUT2D eigenvalue weighted by Gasteiger charge is -2.26. The van der Waals surface area contributed by atoms with Crippen LogP contribution in [0.15, 0.2) is 273 Å². The Kier molecular flexibility index (Phi) is 9.85. The Morgan fingerprint density at radius 1 is 0.244 bits per heavy atom. The van der Waals surface area contributed by atoms with Gasteiger partial charge in [0.05, 0.1) is 0 Å². The van der Waals surface area contributed by atoms with Gasteiger partial charge < -0.3 is 14.5 Å². The first-order valence-electron chi connectivity index (χ1n) is 26.9. The topological polar surface area (TPSA) is 15.7 Å². The maximum Gasteiger partial charge on any atom is 0.135 e. The van der Waals surface area contributed by atoms with E-state index in [1.165, 1.54) is 115 Å². The van der Waals surface area contributed by atoms with Crippen molar-refractivity contribution in [1.29, 1.82) is 0 Å². The highest BCUT2D eigenvalue weighted by Gasteiger charge is 2.29. The lowest BCUT2D eigenvalue weighted by atomic mass is 9.89. The van der Waals surface area contributed by atoms with Crippen molar-refractivity contribution in [3.05, 3.63) is 279 Å². The van der Waals surface area contributed by atoms with E-state index in [0.29, 0.717) is 0 Å². The summed E-state index contributed by atoms with van der Waals surface area (Å²) in [5.74, 6) is 1.73. The van der Waals surface area contributed by atoms with Crippen molar-refractivity contribution in [3.63, 3.8) is 0 Å². The minimum atomic E-state index is 0.847. The highest BCUT2D eigenvalue weighted by atomic mass is 16.5. The van der Waals surface area contributed by atoms with Gasteiger partial charge in [-0.3, -0.25) is 0 Å². The zero-order valence-corrected chi connectivity index (χ0v) is 42.8. The molecule has 78 heavy (non-hydrogen) atoms. The van der Waals surface area contributed by atoms with Crippen molar-refractivity contribution < 1.29 is 4.74 Å². The summed E-state index contributed by atoms with van der Waals surface area (Å²) in [5.41, 5.74) is 18.7. The molecule has 3 nitrogen and oxygen atoms in total. The van der Waals surface area contributed by atoms with E-state index in [1.807, 2.05) is 30.3 Å². The Labute approximate surface area is 452 Å². The zero-order chi connectivity index (χ0) is 51.4. The molecule has 2 aliphatic rings. The van der Waals surface area contributed by atoms with Gasteiger partial charge >= 0.3 is 0 Å². The second kappa shape index (κ2) is 17.4. The fraction of sp³-hybridized carbons (Fsp3) is 0.0133. The highest BCUT2D eigenvalue weighted by molar-refractivity contribution is 6.34. The van der Waals surface area contributed by atoms with Crippen molar-refractivity contribution in [3.8, 4) is 56.0 Å². The van der Waals surface area contributed by atoms with Crippen LogP contribution >= 0.6 is 0 Å². The summed E-state index contributed by atoms with van der Waals surface area (Å²) in [6.07, 6.45) is 0. The standard InChI is InChI=1S/C40H25NO.C35H23N/c1-4-10-28(11-5-1)41(29-12-6-2-7-13-29)30-19-22-32-33-20-16-26-17-21-34-37(42-31-14-8-3-9-15-31)23-18-27-24-36(35(32)25-30)40(33)39(26)38(27)34;1-22-12-13-24-20-32-31-21-27(36(25-8-4-2-5-9-25)26-10-6-3-7-11-26)16-19-29(31)30-18-15-23-14-17-28(22)33(24)34(23)35(30)32/h1-25H;2-21H,1H3. The van der Waals surface area contributed by atoms with Crippen molar-refractivity contribution in [2.75, 3.05) is 9.80 Å². The van der Waals surface area contributed by atoms with Crippen LogP contribution < -0.4 is 14.5 Å². The summed E-state index contributed by atoms with van der Waals surface area (Å²) >= 11 is 0. The van der Waals surface area contributed by atoms with Crippen LogP contribution in [0.3, 0.4) is 0 Å². The molecule has 17 rings (SSSR count). The lowest BCUT2D eigenvalue weighted by Crippen LogP contribution is -2.09. The van der Waals surface area contributed by atoms with E-state index < -0.39 is 0 Å². The molecular weight excluding hydrogens is 945 g/mol. The molecule has 2 aliphatic carbocycles. The number of anilines is 6. The van der Waals surface area contributed by atoms with Crippen molar-refractivity contribution in [2.45, 2.75) is 6.92 Å². The van der Waals surface area contributed by atoms with E-state index in [0.717, 1.165) is 45.3 Å². The SMILES string of the molecule is Cc1ccc2cc3c4c(ccc5ccc1c2c54)-c1ccc(N(c2ccccc2)c2ccccc2)cc1-3.c1ccc(Oc2ccc3cc4c5c(ccc6ccc2c3c65)-c2ccc(N(c3ccccc3)c3ccccc3)cc2-4)cc1. The molecule has 15 aromatic rings. The quantitative estimate of drug-likeness (QED) is 0.141. The number of hydrogen-bond acceptors (Lipinski definition) is 3. The second-order valence-electron chi connectivity index (χ2n) is 20.8. The Morgan fingerprint density at radius 2 is 0.628 bits per heavy atom. The van der Waals surface area contributed by atoms with Gasteiger partial charge in [0.2, 0.25) is 0 Å². The molecule has 0 atom stereocenters. The minimum Gasteiger partial charge on any atom is -0.457 e. The molecule has 0 fully saturated rings. The maximum absolute atomic E-state index is 6.39. The first-order valence-corrected chi connectivity index (χ1v) is 26.9. The average molecular weight is 993 g/mol. The van der Waals surface area contributed by atoms with Gasteiger partial charge in [-0.1, -0.05) is 164 Å². The maximum atomic E-state index is 6.39. The number of nitrogens with zero attached hydrogens (tertiary/aromatic N) is 2. The molecule has 0 bridgehead atoms. The van der Waals surface area contributed by atoms with Crippen molar-refractivity contribution in [2.24, 2.45) is 0 Å². The van der Waals surface area contributed by atoms with Gasteiger partial charge in [0, 0.05) is 44.9 Å². The molecule has 0 radical (unpaired) electrons. The molecule has 0 aliphatic heterocycles. The summed E-state index contributed by atoms with van der Waals surface area (Å²) in [5, 5.41) is 15.8. The normalized spacial score (nSPS) is 11.9. The molecular formula is C75H48N2O. The molecule has 0 heterocycles. The van der Waals surface area contributed by atoms with E-state index in [4.69, 9.17) is 4.74 Å². The molecule has 3 heteroatoms. The van der Waals surface area contributed by atoms with Gasteiger partial charge in [-0.15, -0.1) is 0 Å². The van der Waals surface area contributed by atoms with Crippen LogP contribution in [0.4, 0.5) is 34.1 Å². The number of fused-ring (bicyclic) bond motifs is 6. The number of ether oxygens (including phenoxy) is 1. The molecule has 0 amide bonds. The fourth-order valence-corrected chi connectivity index (χ4v) is 13.0. The third-order valence-electron chi connectivity index (χ3n) is 16.4. The molecule has 0 saturated carbocycles. The number of rotatable bonds is 8. The molecule has 0 aromatic heterocycles. The largest absolute Gasteiger partial charge is 0.457 e. The molecule has 0 spiro atoms. The van der Waals surface area contributed by atoms with Crippen molar-refractivity contribution >= 4 is 98.8 Å². The molecule has 0 saturated heterocycles. The monoisotopic (exact) mass is 992 g/mol. The summed E-state index contributed by atoms with van der Waals surface area (Å²) in [6, 6.07) is 98.3. The van der Waals surface area contributed by atoms with E-state index >= 15 is 0 Å². The van der Waals surface area contributed by atoms with Crippen LogP contribution in [-0.2, 0) is 0 Å². The van der Waals surface area contributed by atoms with Gasteiger partial charge in [-0.25, -0.2) is 0 Å². The average Bonchev–Trinajstić information content (AvgIpc) is 4.22. The Balaban J connectivity index is 0.000000132. The first-order chi connectivity index (χ1) is 38.6. The second-order valence-corrected chi connectivity index (χ2v) is 20.8. The van der Waals surface area contributed by atoms with Crippen molar-refractivity contribution in [1.82, 2.24) is 0 Å². The van der Waals surface area contributed by atoms with Crippen LogP contribution in [0.5, 0.6) is 11.5 Å². The molecule has 0 unspecified atom stereocenters. The van der Waals surface area contributed by atoms with Gasteiger partial charge in [-0.2, -0.15) is 0 Å². The van der Waals surface area contributed by atoms with E-state index in [1.54, 1.807) is 0 Å². The lowest BCUT2D eigenvalue weighted by molar-refractivity contribution is 0.488. The smallest absolute Gasteiger partial charge is 0.135 e.